The van der Waals surface area contributed by atoms with Crippen LogP contribution in [-0.2, 0) is 19.1 Å². The van der Waals surface area contributed by atoms with Crippen molar-refractivity contribution in [3.63, 3.8) is 0 Å². The molecule has 4 rings (SSSR count). The van der Waals surface area contributed by atoms with Gasteiger partial charge in [-0.3, -0.25) is 9.36 Å². The zero-order valence-corrected chi connectivity index (χ0v) is 26.0. The summed E-state index contributed by atoms with van der Waals surface area (Å²) in [6.07, 6.45) is 3.37. The van der Waals surface area contributed by atoms with E-state index in [0.29, 0.717) is 62.4 Å². The van der Waals surface area contributed by atoms with Crippen molar-refractivity contribution >= 4 is 29.4 Å². The highest BCUT2D eigenvalue weighted by Crippen LogP contribution is 2.36. The molecule has 1 atom stereocenters. The van der Waals surface area contributed by atoms with Gasteiger partial charge in [-0.15, -0.1) is 0 Å². The van der Waals surface area contributed by atoms with Gasteiger partial charge < -0.3 is 28.4 Å². The molecule has 12 heteroatoms. The van der Waals surface area contributed by atoms with Gasteiger partial charge >= 0.3 is 11.9 Å². The molecule has 0 aliphatic carbocycles. The Morgan fingerprint density at radius 1 is 1.00 bits per heavy atom. The second-order valence-corrected chi connectivity index (χ2v) is 10.3. The highest BCUT2D eigenvalue weighted by molar-refractivity contribution is 7.07. The fourth-order valence-corrected chi connectivity index (χ4v) is 5.62. The van der Waals surface area contributed by atoms with Crippen LogP contribution < -0.4 is 33.8 Å². The second-order valence-electron chi connectivity index (χ2n) is 9.32. The lowest BCUT2D eigenvalue weighted by Crippen LogP contribution is -2.40. The van der Waals surface area contributed by atoms with E-state index >= 15 is 0 Å². The van der Waals surface area contributed by atoms with Crippen molar-refractivity contribution in [2.24, 2.45) is 4.99 Å². The Kier molecular flexibility index (Phi) is 10.6. The molecule has 0 N–H and O–H groups in total. The number of aromatic nitrogens is 1. The number of rotatable bonds is 13. The molecule has 0 unspecified atom stereocenters. The van der Waals surface area contributed by atoms with Gasteiger partial charge in [0, 0.05) is 0 Å². The maximum atomic E-state index is 14.0. The summed E-state index contributed by atoms with van der Waals surface area (Å²) in [6.45, 7) is 9.34. The van der Waals surface area contributed by atoms with Crippen LogP contribution in [0.15, 0.2) is 70.1 Å². The number of carbonyl (C=O) groups is 2. The van der Waals surface area contributed by atoms with Crippen molar-refractivity contribution in [3.8, 4) is 23.0 Å². The molecule has 232 valence electrons. The van der Waals surface area contributed by atoms with Crippen LogP contribution in [0.25, 0.3) is 6.08 Å². The predicted octanol–water partition coefficient (Wildman–Crippen LogP) is 3.32. The van der Waals surface area contributed by atoms with Crippen LogP contribution in [0.3, 0.4) is 0 Å². The Bertz CT molecular complexity index is 1770. The topological polar surface area (TPSA) is 124 Å². The molecule has 0 saturated heterocycles. The molecular formula is C32H34N2O9S. The third-order valence-electron chi connectivity index (χ3n) is 6.52. The van der Waals surface area contributed by atoms with Crippen LogP contribution in [0.5, 0.6) is 23.0 Å². The SMILES string of the molecule is C=CCOc1ccc(/C=c2\sc3n(c2=O)[C@@H](c2ccc(OCC(=O)OC)c(OCC)c2)C(C(=O)OCC)=C(C)N=3)cc1OC. The summed E-state index contributed by atoms with van der Waals surface area (Å²) < 4.78 is 34.5. The molecular weight excluding hydrogens is 588 g/mol. The largest absolute Gasteiger partial charge is 0.493 e. The normalized spacial score (nSPS) is 14.3. The Morgan fingerprint density at radius 3 is 2.43 bits per heavy atom. The van der Waals surface area contributed by atoms with Crippen molar-refractivity contribution in [2.75, 3.05) is 40.6 Å². The molecule has 0 saturated carbocycles. The van der Waals surface area contributed by atoms with E-state index < -0.39 is 18.0 Å². The Hall–Kier alpha value is -4.84. The van der Waals surface area contributed by atoms with Gasteiger partial charge in [0.2, 0.25) is 0 Å². The van der Waals surface area contributed by atoms with E-state index in [4.69, 9.17) is 23.7 Å². The van der Waals surface area contributed by atoms with Gasteiger partial charge in [-0.25, -0.2) is 14.6 Å². The Balaban J connectivity index is 1.87. The Morgan fingerprint density at radius 2 is 1.75 bits per heavy atom. The minimum Gasteiger partial charge on any atom is -0.493 e. The van der Waals surface area contributed by atoms with E-state index in [1.54, 1.807) is 63.3 Å². The minimum absolute atomic E-state index is 0.144. The number of thiazole rings is 1. The summed E-state index contributed by atoms with van der Waals surface area (Å²) in [5, 5.41) is 0. The average Bonchev–Trinajstić information content (AvgIpc) is 3.32. The van der Waals surface area contributed by atoms with Crippen LogP contribution in [0, 0.1) is 0 Å². The summed E-state index contributed by atoms with van der Waals surface area (Å²) in [7, 11) is 2.81. The van der Waals surface area contributed by atoms with Crippen LogP contribution in [-0.4, -0.2) is 57.2 Å². The van der Waals surface area contributed by atoms with E-state index in [0.717, 1.165) is 0 Å². The molecule has 0 radical (unpaired) electrons. The van der Waals surface area contributed by atoms with Gasteiger partial charge in [-0.05, 0) is 62.2 Å². The van der Waals surface area contributed by atoms with E-state index in [2.05, 4.69) is 16.3 Å². The maximum absolute atomic E-state index is 14.0. The summed E-state index contributed by atoms with van der Waals surface area (Å²) in [5.41, 5.74) is 1.58. The van der Waals surface area contributed by atoms with Gasteiger partial charge in [0.25, 0.3) is 5.56 Å². The monoisotopic (exact) mass is 622 g/mol. The van der Waals surface area contributed by atoms with E-state index in [1.165, 1.54) is 30.1 Å². The Labute approximate surface area is 258 Å². The van der Waals surface area contributed by atoms with Crippen molar-refractivity contribution < 1.29 is 38.0 Å². The van der Waals surface area contributed by atoms with Crippen LogP contribution in [0.2, 0.25) is 0 Å². The second kappa shape index (κ2) is 14.6. The molecule has 3 aromatic rings. The average molecular weight is 623 g/mol. The van der Waals surface area contributed by atoms with E-state index in [-0.39, 0.29) is 24.3 Å². The van der Waals surface area contributed by atoms with Gasteiger partial charge in [0.1, 0.15) is 6.61 Å². The van der Waals surface area contributed by atoms with Gasteiger partial charge in [-0.2, -0.15) is 0 Å². The quantitative estimate of drug-likeness (QED) is 0.209. The summed E-state index contributed by atoms with van der Waals surface area (Å²) >= 11 is 1.20. The number of esters is 2. The first-order valence-electron chi connectivity index (χ1n) is 13.8. The highest BCUT2D eigenvalue weighted by Gasteiger charge is 2.34. The number of ether oxygens (including phenoxy) is 6. The summed E-state index contributed by atoms with van der Waals surface area (Å²) in [5.74, 6) is 0.552. The fourth-order valence-electron chi connectivity index (χ4n) is 4.58. The summed E-state index contributed by atoms with van der Waals surface area (Å²) in [6, 6.07) is 9.49. The van der Waals surface area contributed by atoms with Crippen LogP contribution in [0.4, 0.5) is 0 Å². The number of methoxy groups -OCH3 is 2. The van der Waals surface area contributed by atoms with Gasteiger partial charge in [0.15, 0.2) is 34.4 Å². The third kappa shape index (κ3) is 6.86. The van der Waals surface area contributed by atoms with Gasteiger partial charge in [0.05, 0.1) is 49.3 Å². The summed E-state index contributed by atoms with van der Waals surface area (Å²) in [4.78, 5) is 44.0. The molecule has 1 aliphatic rings. The van der Waals surface area contributed by atoms with Crippen molar-refractivity contribution in [1.29, 1.82) is 0 Å². The zero-order valence-electron chi connectivity index (χ0n) is 25.2. The smallest absolute Gasteiger partial charge is 0.343 e. The molecule has 2 aromatic carbocycles. The molecule has 0 spiro atoms. The number of allylic oxidation sites excluding steroid dienone is 1. The van der Waals surface area contributed by atoms with Crippen molar-refractivity contribution in [1.82, 2.24) is 4.57 Å². The number of hydrogen-bond acceptors (Lipinski definition) is 11. The first-order chi connectivity index (χ1) is 21.3. The molecule has 2 heterocycles. The molecule has 1 aliphatic heterocycles. The lowest BCUT2D eigenvalue weighted by atomic mass is 9.95. The highest BCUT2D eigenvalue weighted by atomic mass is 32.1. The molecule has 0 fully saturated rings. The lowest BCUT2D eigenvalue weighted by molar-refractivity contribution is -0.143. The molecule has 0 amide bonds. The molecule has 44 heavy (non-hydrogen) atoms. The molecule has 0 bridgehead atoms. The number of carbonyl (C=O) groups excluding carboxylic acids is 2. The van der Waals surface area contributed by atoms with E-state index in [9.17, 15) is 14.4 Å². The number of fused-ring (bicyclic) bond motifs is 1. The zero-order chi connectivity index (χ0) is 31.8. The number of hydrogen-bond donors (Lipinski definition) is 0. The number of benzene rings is 2. The lowest BCUT2D eigenvalue weighted by Gasteiger charge is -2.25. The fraction of sp³-hybridized carbons (Fsp3) is 0.312. The van der Waals surface area contributed by atoms with Crippen LogP contribution in [0.1, 0.15) is 37.9 Å². The van der Waals surface area contributed by atoms with Crippen LogP contribution >= 0.6 is 11.3 Å². The number of nitrogens with zero attached hydrogens (tertiary/aromatic N) is 2. The van der Waals surface area contributed by atoms with E-state index in [1.807, 2.05) is 6.07 Å². The third-order valence-corrected chi connectivity index (χ3v) is 7.50. The molecule has 11 nitrogen and oxygen atoms in total. The van der Waals surface area contributed by atoms with Crippen molar-refractivity contribution in [2.45, 2.75) is 26.8 Å². The minimum atomic E-state index is -0.870. The maximum Gasteiger partial charge on any atom is 0.343 e. The van der Waals surface area contributed by atoms with Crippen molar-refractivity contribution in [3.05, 3.63) is 91.1 Å². The first-order valence-corrected chi connectivity index (χ1v) is 14.7. The first kappa shape index (κ1) is 32.1. The predicted molar refractivity (Wildman–Crippen MR) is 164 cm³/mol. The van der Waals surface area contributed by atoms with Gasteiger partial charge in [-0.1, -0.05) is 36.1 Å². The molecule has 1 aromatic heterocycles. The standard InChI is InChI=1S/C32H34N2O9S/c1-7-14-42-22-12-10-20(15-24(22)38-5)16-26-30(36)34-29(28(31(37)41-9-3)19(4)33-32(34)44-26)21-11-13-23(25(17-21)40-8-2)43-18-27(35)39-6/h7,10-13,15-17,29H,1,8-9,14,18H2,2-6H3/b26-16-/t29-/m0/s1.